The van der Waals surface area contributed by atoms with Gasteiger partial charge in [0.2, 0.25) is 0 Å². The Hall–Kier alpha value is -0.310. The van der Waals surface area contributed by atoms with Crippen LogP contribution in [0.25, 0.3) is 0 Å². The van der Waals surface area contributed by atoms with Crippen LogP contribution in [0.15, 0.2) is 18.2 Å². The Labute approximate surface area is 80.6 Å². The Balaban J connectivity index is 2.72. The number of nitrogens with one attached hydrogen (secondary N) is 1. The Morgan fingerprint density at radius 2 is 2.17 bits per heavy atom. The number of halogens is 3. The van der Waals surface area contributed by atoms with Crippen LogP contribution in [-0.2, 0) is 6.42 Å². The Morgan fingerprint density at radius 1 is 1.42 bits per heavy atom. The maximum Gasteiger partial charge on any atom is 0.127 e. The summed E-state index contributed by atoms with van der Waals surface area (Å²) in [4.78, 5) is 2.43. The van der Waals surface area contributed by atoms with Crippen molar-refractivity contribution in [2.24, 2.45) is 0 Å². The van der Waals surface area contributed by atoms with Gasteiger partial charge in [-0.3, -0.25) is 0 Å². The van der Waals surface area contributed by atoms with E-state index < -0.39 is 0 Å². The van der Waals surface area contributed by atoms with Crippen LogP contribution < -0.4 is 4.84 Å². The van der Waals surface area contributed by atoms with Crippen molar-refractivity contribution in [2.75, 3.05) is 6.54 Å². The number of hydrogen-bond acceptors (Lipinski definition) is 1. The molecule has 0 aliphatic heterocycles. The fourth-order valence-electron chi connectivity index (χ4n) is 0.906. The monoisotopic (exact) mass is 207 g/mol. The summed E-state index contributed by atoms with van der Waals surface area (Å²) in [6.45, 7) is 0.542. The second kappa shape index (κ2) is 4.65. The van der Waals surface area contributed by atoms with E-state index in [1.54, 1.807) is 12.1 Å². The van der Waals surface area contributed by atoms with Crippen molar-refractivity contribution in [3.05, 3.63) is 34.6 Å². The summed E-state index contributed by atoms with van der Waals surface area (Å²) in [5.41, 5.74) is 0.618. The Bertz CT molecular complexity index is 265. The zero-order chi connectivity index (χ0) is 8.97. The maximum absolute atomic E-state index is 13.0. The number of benzene rings is 1. The smallest absolute Gasteiger partial charge is 0.127 e. The molecular formula is C8H8Cl2FN. The van der Waals surface area contributed by atoms with E-state index >= 15 is 0 Å². The second-order valence-corrected chi connectivity index (χ2v) is 3.07. The molecule has 12 heavy (non-hydrogen) atoms. The molecule has 0 bridgehead atoms. The van der Waals surface area contributed by atoms with Gasteiger partial charge in [-0.25, -0.2) is 9.23 Å². The molecule has 0 saturated carbocycles. The predicted molar refractivity (Wildman–Crippen MR) is 49.0 cm³/mol. The minimum atomic E-state index is -0.283. The number of rotatable bonds is 3. The third kappa shape index (κ3) is 2.63. The van der Waals surface area contributed by atoms with Crippen LogP contribution in [0.4, 0.5) is 4.39 Å². The van der Waals surface area contributed by atoms with Gasteiger partial charge >= 0.3 is 0 Å². The maximum atomic E-state index is 13.0. The average molecular weight is 208 g/mol. The first-order chi connectivity index (χ1) is 5.74. The zero-order valence-corrected chi connectivity index (χ0v) is 7.79. The van der Waals surface area contributed by atoms with Crippen LogP contribution in [0.2, 0.25) is 5.02 Å². The van der Waals surface area contributed by atoms with Crippen molar-refractivity contribution in [2.45, 2.75) is 6.42 Å². The molecule has 0 spiro atoms. The van der Waals surface area contributed by atoms with Gasteiger partial charge < -0.3 is 0 Å². The molecule has 0 amide bonds. The summed E-state index contributed by atoms with van der Waals surface area (Å²) in [5.74, 6) is -0.283. The highest BCUT2D eigenvalue weighted by Crippen LogP contribution is 2.14. The van der Waals surface area contributed by atoms with Crippen molar-refractivity contribution in [1.82, 2.24) is 4.84 Å². The Morgan fingerprint density at radius 3 is 2.75 bits per heavy atom. The lowest BCUT2D eigenvalue weighted by molar-refractivity contribution is 0.608. The standard InChI is InChI=1S/C8H8Cl2FN/c9-7-2-1-6(3-4-12-10)8(11)5-7/h1-2,5,12H,3-4H2. The molecule has 1 nitrogen and oxygen atoms in total. The highest BCUT2D eigenvalue weighted by molar-refractivity contribution is 6.30. The van der Waals surface area contributed by atoms with Gasteiger partial charge in [-0.15, -0.1) is 0 Å². The second-order valence-electron chi connectivity index (χ2n) is 2.37. The molecule has 0 radical (unpaired) electrons. The van der Waals surface area contributed by atoms with E-state index in [-0.39, 0.29) is 5.82 Å². The Kier molecular flexibility index (Phi) is 3.79. The van der Waals surface area contributed by atoms with Crippen LogP contribution in [-0.4, -0.2) is 6.54 Å². The average Bonchev–Trinajstić information content (AvgIpc) is 2.03. The summed E-state index contributed by atoms with van der Waals surface area (Å²) < 4.78 is 13.0. The van der Waals surface area contributed by atoms with Crippen LogP contribution in [0, 0.1) is 5.82 Å². The van der Waals surface area contributed by atoms with Crippen LogP contribution in [0.1, 0.15) is 5.56 Å². The quantitative estimate of drug-likeness (QED) is 0.753. The summed E-state index contributed by atoms with van der Waals surface area (Å²) in [6.07, 6.45) is 0.562. The lowest BCUT2D eigenvalue weighted by Crippen LogP contribution is -2.05. The predicted octanol–water partition coefficient (Wildman–Crippen LogP) is 2.77. The summed E-state index contributed by atoms with van der Waals surface area (Å²) >= 11 is 10.8. The molecule has 1 aromatic rings. The molecular weight excluding hydrogens is 200 g/mol. The summed E-state index contributed by atoms with van der Waals surface area (Å²) in [7, 11) is 0. The molecule has 0 aliphatic rings. The van der Waals surface area contributed by atoms with E-state index in [1.807, 2.05) is 0 Å². The molecule has 0 aromatic heterocycles. The fraction of sp³-hybridized carbons (Fsp3) is 0.250. The van der Waals surface area contributed by atoms with Crippen molar-refractivity contribution < 1.29 is 4.39 Å². The summed E-state index contributed by atoms with van der Waals surface area (Å²) in [6, 6.07) is 4.62. The van der Waals surface area contributed by atoms with Gasteiger partial charge in [0.1, 0.15) is 5.82 Å². The van der Waals surface area contributed by atoms with Gasteiger partial charge in [0.25, 0.3) is 0 Å². The van der Waals surface area contributed by atoms with Crippen molar-refractivity contribution in [3.8, 4) is 0 Å². The first-order valence-corrected chi connectivity index (χ1v) is 4.27. The highest BCUT2D eigenvalue weighted by atomic mass is 35.5. The molecule has 0 fully saturated rings. The first kappa shape index (κ1) is 9.78. The normalized spacial score (nSPS) is 10.2. The first-order valence-electron chi connectivity index (χ1n) is 3.51. The molecule has 0 atom stereocenters. The van der Waals surface area contributed by atoms with Crippen LogP contribution >= 0.6 is 23.4 Å². The van der Waals surface area contributed by atoms with Crippen molar-refractivity contribution >= 4 is 23.4 Å². The van der Waals surface area contributed by atoms with E-state index in [4.69, 9.17) is 23.4 Å². The number of hydrogen-bond donors (Lipinski definition) is 1. The van der Waals surface area contributed by atoms with Gasteiger partial charge in [-0.2, -0.15) is 0 Å². The van der Waals surface area contributed by atoms with E-state index in [2.05, 4.69) is 4.84 Å². The van der Waals surface area contributed by atoms with Crippen molar-refractivity contribution in [3.63, 3.8) is 0 Å². The molecule has 0 heterocycles. The molecule has 0 unspecified atom stereocenters. The van der Waals surface area contributed by atoms with E-state index in [1.165, 1.54) is 6.07 Å². The lowest BCUT2D eigenvalue weighted by Gasteiger charge is -2.01. The SMILES string of the molecule is Fc1cc(Cl)ccc1CCNCl. The molecule has 1 N–H and O–H groups in total. The molecule has 4 heteroatoms. The topological polar surface area (TPSA) is 12.0 Å². The van der Waals surface area contributed by atoms with Crippen LogP contribution in [0.3, 0.4) is 0 Å². The molecule has 1 rings (SSSR count). The minimum Gasteiger partial charge on any atom is -0.233 e. The third-order valence-electron chi connectivity index (χ3n) is 1.50. The van der Waals surface area contributed by atoms with Crippen LogP contribution in [0.5, 0.6) is 0 Å². The van der Waals surface area contributed by atoms with E-state index in [0.717, 1.165) is 0 Å². The molecule has 66 valence electrons. The molecule has 0 aliphatic carbocycles. The molecule has 0 saturated heterocycles. The summed E-state index contributed by atoms with van der Waals surface area (Å²) in [5, 5.41) is 0.412. The van der Waals surface area contributed by atoms with E-state index in [0.29, 0.717) is 23.6 Å². The van der Waals surface area contributed by atoms with Crippen molar-refractivity contribution in [1.29, 1.82) is 0 Å². The van der Waals surface area contributed by atoms with E-state index in [9.17, 15) is 4.39 Å². The van der Waals surface area contributed by atoms with Gasteiger partial charge in [-0.05, 0) is 35.9 Å². The fourth-order valence-corrected chi connectivity index (χ4v) is 1.16. The third-order valence-corrected chi connectivity index (χ3v) is 1.93. The molecule has 1 aromatic carbocycles. The van der Waals surface area contributed by atoms with Gasteiger partial charge in [0.05, 0.1) is 0 Å². The highest BCUT2D eigenvalue weighted by Gasteiger charge is 2.01. The van der Waals surface area contributed by atoms with Gasteiger partial charge in [0, 0.05) is 11.6 Å². The van der Waals surface area contributed by atoms with Gasteiger partial charge in [-0.1, -0.05) is 17.7 Å². The van der Waals surface area contributed by atoms with Gasteiger partial charge in [0.15, 0.2) is 0 Å². The zero-order valence-electron chi connectivity index (χ0n) is 6.28. The lowest BCUT2D eigenvalue weighted by atomic mass is 10.1. The minimum absolute atomic E-state index is 0.283. The largest absolute Gasteiger partial charge is 0.233 e.